The van der Waals surface area contributed by atoms with Crippen LogP contribution in [0.4, 0.5) is 11.4 Å². The second kappa shape index (κ2) is 7.45. The lowest BCUT2D eigenvalue weighted by atomic mass is 10.2. The number of hydrogen-bond donors (Lipinski definition) is 2. The number of benzene rings is 2. The zero-order valence-electron chi connectivity index (χ0n) is 12.2. The van der Waals surface area contributed by atoms with Crippen LogP contribution in [0.15, 0.2) is 60.8 Å². The molecular formula is C17H19N3S. The van der Waals surface area contributed by atoms with Crippen LogP contribution in [-0.2, 0) is 0 Å². The maximum atomic E-state index is 5.23. The second-order valence-corrected chi connectivity index (χ2v) is 5.19. The first kappa shape index (κ1) is 15.1. The summed E-state index contributed by atoms with van der Waals surface area (Å²) in [6, 6.07) is 18.2. The zero-order valence-corrected chi connectivity index (χ0v) is 13.0. The SMILES string of the molecule is CN(C)c1ccc(/C=C/NC(=S)Nc2ccccc2)cc1. The highest BCUT2D eigenvalue weighted by Crippen LogP contribution is 2.12. The fourth-order valence-corrected chi connectivity index (χ4v) is 1.97. The highest BCUT2D eigenvalue weighted by atomic mass is 32.1. The van der Waals surface area contributed by atoms with Crippen LogP contribution in [0.25, 0.3) is 6.08 Å². The van der Waals surface area contributed by atoms with Gasteiger partial charge in [-0.3, -0.25) is 0 Å². The smallest absolute Gasteiger partial charge is 0.174 e. The van der Waals surface area contributed by atoms with Gasteiger partial charge in [-0.25, -0.2) is 0 Å². The summed E-state index contributed by atoms with van der Waals surface area (Å²) in [7, 11) is 4.06. The van der Waals surface area contributed by atoms with Crippen molar-refractivity contribution in [2.24, 2.45) is 0 Å². The molecule has 0 aliphatic heterocycles. The maximum absolute atomic E-state index is 5.23. The lowest BCUT2D eigenvalue weighted by Gasteiger charge is -2.11. The van der Waals surface area contributed by atoms with Gasteiger partial charge in [-0.05, 0) is 48.1 Å². The summed E-state index contributed by atoms with van der Waals surface area (Å²) >= 11 is 5.23. The topological polar surface area (TPSA) is 27.3 Å². The molecular weight excluding hydrogens is 278 g/mol. The number of para-hydroxylation sites is 1. The van der Waals surface area contributed by atoms with Crippen molar-refractivity contribution < 1.29 is 0 Å². The third-order valence-electron chi connectivity index (χ3n) is 2.93. The molecule has 0 saturated carbocycles. The summed E-state index contributed by atoms with van der Waals surface area (Å²) in [6.45, 7) is 0. The predicted octanol–water partition coefficient (Wildman–Crippen LogP) is 3.71. The van der Waals surface area contributed by atoms with Gasteiger partial charge in [0.25, 0.3) is 0 Å². The molecule has 0 amide bonds. The molecule has 0 bridgehead atoms. The summed E-state index contributed by atoms with van der Waals surface area (Å²) in [5, 5.41) is 6.73. The molecule has 0 aliphatic rings. The van der Waals surface area contributed by atoms with Gasteiger partial charge in [0.15, 0.2) is 5.11 Å². The van der Waals surface area contributed by atoms with Crippen molar-refractivity contribution in [3.05, 3.63) is 66.4 Å². The van der Waals surface area contributed by atoms with Crippen molar-refractivity contribution in [2.75, 3.05) is 24.3 Å². The van der Waals surface area contributed by atoms with E-state index in [1.807, 2.05) is 56.7 Å². The van der Waals surface area contributed by atoms with Crippen molar-refractivity contribution in [1.82, 2.24) is 5.32 Å². The van der Waals surface area contributed by atoms with Gasteiger partial charge >= 0.3 is 0 Å². The molecule has 0 saturated heterocycles. The van der Waals surface area contributed by atoms with Gasteiger partial charge in [0.1, 0.15) is 0 Å². The molecule has 0 aliphatic carbocycles. The third kappa shape index (κ3) is 4.93. The Morgan fingerprint density at radius 1 is 1.00 bits per heavy atom. The quantitative estimate of drug-likeness (QED) is 0.841. The van der Waals surface area contributed by atoms with Crippen LogP contribution >= 0.6 is 12.2 Å². The molecule has 4 heteroatoms. The van der Waals surface area contributed by atoms with E-state index in [4.69, 9.17) is 12.2 Å². The van der Waals surface area contributed by atoms with E-state index < -0.39 is 0 Å². The van der Waals surface area contributed by atoms with Gasteiger partial charge in [0.05, 0.1) is 0 Å². The average Bonchev–Trinajstić information content (AvgIpc) is 2.49. The van der Waals surface area contributed by atoms with Crippen LogP contribution in [-0.4, -0.2) is 19.2 Å². The molecule has 0 spiro atoms. The van der Waals surface area contributed by atoms with E-state index in [1.165, 1.54) is 5.69 Å². The van der Waals surface area contributed by atoms with Gasteiger partial charge in [0, 0.05) is 31.7 Å². The van der Waals surface area contributed by atoms with Gasteiger partial charge in [0.2, 0.25) is 0 Å². The van der Waals surface area contributed by atoms with E-state index in [1.54, 1.807) is 0 Å². The third-order valence-corrected chi connectivity index (χ3v) is 3.15. The standard InChI is InChI=1S/C17H19N3S/c1-20(2)16-10-8-14(9-11-16)12-13-18-17(21)19-15-6-4-3-5-7-15/h3-13H,1-2H3,(H2,18,19,21)/b13-12+. The Bertz CT molecular complexity index is 604. The molecule has 0 aromatic heterocycles. The number of nitrogens with one attached hydrogen (secondary N) is 2. The molecule has 2 N–H and O–H groups in total. The zero-order chi connectivity index (χ0) is 15.1. The van der Waals surface area contributed by atoms with E-state index in [-0.39, 0.29) is 0 Å². The van der Waals surface area contributed by atoms with E-state index in [9.17, 15) is 0 Å². The fourth-order valence-electron chi connectivity index (χ4n) is 1.79. The van der Waals surface area contributed by atoms with Crippen LogP contribution in [0, 0.1) is 0 Å². The van der Waals surface area contributed by atoms with E-state index in [2.05, 4.69) is 39.8 Å². The van der Waals surface area contributed by atoms with Gasteiger partial charge in [-0.15, -0.1) is 0 Å². The number of rotatable bonds is 4. The molecule has 3 nitrogen and oxygen atoms in total. The predicted molar refractivity (Wildman–Crippen MR) is 95.6 cm³/mol. The van der Waals surface area contributed by atoms with Crippen molar-refractivity contribution in [2.45, 2.75) is 0 Å². The molecule has 2 rings (SSSR count). The Balaban J connectivity index is 1.86. The molecule has 0 heterocycles. The largest absolute Gasteiger partial charge is 0.378 e. The van der Waals surface area contributed by atoms with Crippen LogP contribution in [0.5, 0.6) is 0 Å². The summed E-state index contributed by atoms with van der Waals surface area (Å²) in [6.07, 6.45) is 3.82. The van der Waals surface area contributed by atoms with Crippen LogP contribution in [0.2, 0.25) is 0 Å². The molecule has 108 valence electrons. The van der Waals surface area contributed by atoms with Crippen molar-refractivity contribution in [3.63, 3.8) is 0 Å². The number of anilines is 2. The second-order valence-electron chi connectivity index (χ2n) is 4.78. The van der Waals surface area contributed by atoms with Gasteiger partial charge < -0.3 is 15.5 Å². The van der Waals surface area contributed by atoms with E-state index >= 15 is 0 Å². The molecule has 21 heavy (non-hydrogen) atoms. The molecule has 2 aromatic rings. The first-order valence-corrected chi connectivity index (χ1v) is 7.12. The first-order chi connectivity index (χ1) is 10.1. The Morgan fingerprint density at radius 2 is 1.67 bits per heavy atom. The van der Waals surface area contributed by atoms with Gasteiger partial charge in [-0.2, -0.15) is 0 Å². The molecule has 0 unspecified atom stereocenters. The lowest BCUT2D eigenvalue weighted by Crippen LogP contribution is -2.23. The van der Waals surface area contributed by atoms with Crippen molar-refractivity contribution >= 4 is 34.8 Å². The Morgan fingerprint density at radius 3 is 2.29 bits per heavy atom. The Hall–Kier alpha value is -2.33. The highest BCUT2D eigenvalue weighted by molar-refractivity contribution is 7.80. The van der Waals surface area contributed by atoms with E-state index in [0.29, 0.717) is 5.11 Å². The van der Waals surface area contributed by atoms with E-state index in [0.717, 1.165) is 11.3 Å². The van der Waals surface area contributed by atoms with Crippen molar-refractivity contribution in [3.8, 4) is 0 Å². The lowest BCUT2D eigenvalue weighted by molar-refractivity contribution is 1.13. The summed E-state index contributed by atoms with van der Waals surface area (Å²) < 4.78 is 0. The minimum atomic E-state index is 0.572. The molecule has 2 aromatic carbocycles. The normalized spacial score (nSPS) is 10.4. The number of thiocarbonyl (C=S) groups is 1. The monoisotopic (exact) mass is 297 g/mol. The van der Waals surface area contributed by atoms with Crippen LogP contribution in [0.1, 0.15) is 5.56 Å². The Labute approximate surface area is 131 Å². The van der Waals surface area contributed by atoms with Crippen LogP contribution in [0.3, 0.4) is 0 Å². The highest BCUT2D eigenvalue weighted by Gasteiger charge is 1.95. The minimum absolute atomic E-state index is 0.572. The number of hydrogen-bond acceptors (Lipinski definition) is 2. The minimum Gasteiger partial charge on any atom is -0.378 e. The maximum Gasteiger partial charge on any atom is 0.174 e. The average molecular weight is 297 g/mol. The fraction of sp³-hybridized carbons (Fsp3) is 0.118. The molecule has 0 atom stereocenters. The summed E-state index contributed by atoms with van der Waals surface area (Å²) in [4.78, 5) is 2.07. The molecule has 0 radical (unpaired) electrons. The van der Waals surface area contributed by atoms with Crippen molar-refractivity contribution in [1.29, 1.82) is 0 Å². The van der Waals surface area contributed by atoms with Gasteiger partial charge in [-0.1, -0.05) is 30.3 Å². The van der Waals surface area contributed by atoms with Crippen LogP contribution < -0.4 is 15.5 Å². The Kier molecular flexibility index (Phi) is 5.35. The molecule has 0 fully saturated rings. The number of nitrogens with zero attached hydrogens (tertiary/aromatic N) is 1. The summed E-state index contributed by atoms with van der Waals surface area (Å²) in [5.74, 6) is 0. The first-order valence-electron chi connectivity index (χ1n) is 6.71. The summed E-state index contributed by atoms with van der Waals surface area (Å²) in [5.41, 5.74) is 3.27.